The minimum absolute atomic E-state index is 0.182. The predicted octanol–water partition coefficient (Wildman–Crippen LogP) is 3.95. The smallest absolute Gasteiger partial charge is 0.343 e. The molecule has 0 spiro atoms. The van der Waals surface area contributed by atoms with E-state index in [4.69, 9.17) is 27.9 Å². The summed E-state index contributed by atoms with van der Waals surface area (Å²) in [7, 11) is 0. The Labute approximate surface area is 156 Å². The minimum Gasteiger partial charge on any atom is -0.452 e. The predicted molar refractivity (Wildman–Crippen MR) is 97.2 cm³/mol. The molecular formula is C17H19Cl2N3O3. The van der Waals surface area contributed by atoms with Crippen LogP contribution in [-0.4, -0.2) is 28.3 Å². The zero-order chi connectivity index (χ0) is 18.6. The van der Waals surface area contributed by atoms with Crippen LogP contribution in [0.2, 0.25) is 10.2 Å². The molecule has 1 aromatic heterocycles. The second-order valence-corrected chi connectivity index (χ2v) is 6.75. The number of amides is 1. The summed E-state index contributed by atoms with van der Waals surface area (Å²) < 4.78 is 6.61. The minimum atomic E-state index is -0.677. The number of hydrogen-bond donors (Lipinski definition) is 1. The molecule has 0 atom stereocenters. The van der Waals surface area contributed by atoms with Crippen LogP contribution in [-0.2, 0) is 16.1 Å². The Balaban J connectivity index is 1.97. The Hall–Kier alpha value is -2.05. The summed E-state index contributed by atoms with van der Waals surface area (Å²) in [5.74, 6) is -0.811. The first-order valence-corrected chi connectivity index (χ1v) is 8.49. The first kappa shape index (κ1) is 19.3. The van der Waals surface area contributed by atoms with Gasteiger partial charge >= 0.3 is 5.97 Å². The number of carbonyl (C=O) groups excluding carboxylic acids is 2. The highest BCUT2D eigenvalue weighted by Crippen LogP contribution is 2.22. The van der Waals surface area contributed by atoms with Gasteiger partial charge in [-0.15, -0.1) is 0 Å². The zero-order valence-electron chi connectivity index (χ0n) is 14.2. The van der Waals surface area contributed by atoms with Crippen LogP contribution in [0, 0.1) is 12.8 Å². The van der Waals surface area contributed by atoms with Crippen LogP contribution in [0.1, 0.15) is 29.9 Å². The third-order valence-electron chi connectivity index (χ3n) is 3.27. The van der Waals surface area contributed by atoms with Crippen LogP contribution in [0.3, 0.4) is 0 Å². The molecule has 6 nitrogen and oxygen atoms in total. The van der Waals surface area contributed by atoms with E-state index in [1.807, 2.05) is 13.8 Å². The third-order valence-corrected chi connectivity index (χ3v) is 3.91. The summed E-state index contributed by atoms with van der Waals surface area (Å²) in [6.45, 7) is 5.88. The van der Waals surface area contributed by atoms with Crippen molar-refractivity contribution in [3.8, 4) is 0 Å². The molecule has 0 bridgehead atoms. The highest BCUT2D eigenvalue weighted by molar-refractivity contribution is 6.32. The number of rotatable bonds is 6. The summed E-state index contributed by atoms with van der Waals surface area (Å²) in [6, 6.07) is 6.60. The number of carbonyl (C=O) groups is 2. The average Bonchev–Trinajstić information content (AvgIpc) is 2.81. The van der Waals surface area contributed by atoms with E-state index in [0.29, 0.717) is 28.9 Å². The lowest BCUT2D eigenvalue weighted by Crippen LogP contribution is -2.21. The molecule has 25 heavy (non-hydrogen) atoms. The average molecular weight is 384 g/mol. The van der Waals surface area contributed by atoms with E-state index in [1.54, 1.807) is 35.9 Å². The number of hydrogen-bond acceptors (Lipinski definition) is 4. The molecule has 0 saturated heterocycles. The maximum atomic E-state index is 12.2. The van der Waals surface area contributed by atoms with E-state index < -0.39 is 18.5 Å². The number of halogens is 2. The fourth-order valence-electron chi connectivity index (χ4n) is 2.19. The van der Waals surface area contributed by atoms with Crippen LogP contribution in [0.15, 0.2) is 24.3 Å². The Morgan fingerprint density at radius 3 is 2.48 bits per heavy atom. The van der Waals surface area contributed by atoms with Crippen molar-refractivity contribution in [2.45, 2.75) is 27.3 Å². The molecule has 0 aliphatic rings. The molecule has 0 saturated carbocycles. The van der Waals surface area contributed by atoms with Crippen LogP contribution in [0.25, 0.3) is 0 Å². The van der Waals surface area contributed by atoms with E-state index in [-0.39, 0.29) is 10.7 Å². The van der Waals surface area contributed by atoms with Crippen LogP contribution in [0.4, 0.5) is 5.69 Å². The molecule has 2 aromatic rings. The SMILES string of the molecule is Cc1nn(CC(C)C)c(Cl)c1C(=O)OCC(=O)Nc1ccc(Cl)cc1. The van der Waals surface area contributed by atoms with Crippen LogP contribution < -0.4 is 5.32 Å². The number of nitrogens with one attached hydrogen (secondary N) is 1. The molecule has 0 aliphatic heterocycles. The quantitative estimate of drug-likeness (QED) is 0.766. The van der Waals surface area contributed by atoms with Crippen LogP contribution in [0.5, 0.6) is 0 Å². The lowest BCUT2D eigenvalue weighted by Gasteiger charge is -2.07. The van der Waals surface area contributed by atoms with Gasteiger partial charge in [0.05, 0.1) is 5.69 Å². The molecule has 0 aliphatic carbocycles. The molecule has 0 radical (unpaired) electrons. The number of nitrogens with zero attached hydrogens (tertiary/aromatic N) is 2. The third kappa shape index (κ3) is 5.21. The Bertz CT molecular complexity index is 770. The van der Waals surface area contributed by atoms with E-state index in [1.165, 1.54) is 0 Å². The number of ether oxygens (including phenoxy) is 1. The number of esters is 1. The monoisotopic (exact) mass is 383 g/mol. The maximum Gasteiger partial charge on any atom is 0.343 e. The van der Waals surface area contributed by atoms with Crippen molar-refractivity contribution in [2.75, 3.05) is 11.9 Å². The van der Waals surface area contributed by atoms with Gasteiger partial charge < -0.3 is 10.1 Å². The maximum absolute atomic E-state index is 12.2. The Kier molecular flexibility index (Phi) is 6.45. The Morgan fingerprint density at radius 1 is 1.24 bits per heavy atom. The van der Waals surface area contributed by atoms with Crippen molar-refractivity contribution in [1.29, 1.82) is 0 Å². The van der Waals surface area contributed by atoms with Gasteiger partial charge in [0, 0.05) is 17.3 Å². The number of aromatic nitrogens is 2. The zero-order valence-corrected chi connectivity index (χ0v) is 15.7. The first-order valence-electron chi connectivity index (χ1n) is 7.73. The molecule has 2 rings (SSSR count). The normalized spacial score (nSPS) is 10.8. The van der Waals surface area contributed by atoms with Crippen molar-refractivity contribution in [2.24, 2.45) is 5.92 Å². The molecule has 8 heteroatoms. The largest absolute Gasteiger partial charge is 0.452 e. The van der Waals surface area contributed by atoms with Gasteiger partial charge in [-0.3, -0.25) is 9.48 Å². The van der Waals surface area contributed by atoms with Gasteiger partial charge in [-0.1, -0.05) is 37.0 Å². The summed E-state index contributed by atoms with van der Waals surface area (Å²) in [5, 5.41) is 7.63. The van der Waals surface area contributed by atoms with Crippen molar-refractivity contribution in [3.63, 3.8) is 0 Å². The number of anilines is 1. The second-order valence-electron chi connectivity index (χ2n) is 5.96. The number of benzene rings is 1. The van der Waals surface area contributed by atoms with Crippen molar-refractivity contribution >= 4 is 40.8 Å². The fraction of sp³-hybridized carbons (Fsp3) is 0.353. The molecule has 0 unspecified atom stereocenters. The standard InChI is InChI=1S/C17H19Cl2N3O3/c1-10(2)8-22-16(19)15(11(3)21-22)17(24)25-9-14(23)20-13-6-4-12(18)5-7-13/h4-7,10H,8-9H2,1-3H3,(H,20,23). The van der Waals surface area contributed by atoms with Crippen molar-refractivity contribution in [1.82, 2.24) is 9.78 Å². The molecule has 1 aromatic carbocycles. The first-order chi connectivity index (χ1) is 11.8. The summed E-state index contributed by atoms with van der Waals surface area (Å²) in [5.41, 5.74) is 1.21. The van der Waals surface area contributed by atoms with Gasteiger partial charge in [-0.2, -0.15) is 5.10 Å². The highest BCUT2D eigenvalue weighted by Gasteiger charge is 2.22. The van der Waals surface area contributed by atoms with E-state index in [0.717, 1.165) is 0 Å². The van der Waals surface area contributed by atoms with Gasteiger partial charge in [-0.05, 0) is 37.1 Å². The molecule has 0 fully saturated rings. The lowest BCUT2D eigenvalue weighted by molar-refractivity contribution is -0.119. The lowest BCUT2D eigenvalue weighted by atomic mass is 10.2. The summed E-state index contributed by atoms with van der Waals surface area (Å²) >= 11 is 12.0. The fourth-order valence-corrected chi connectivity index (χ4v) is 2.63. The molecule has 1 heterocycles. The topological polar surface area (TPSA) is 73.2 Å². The summed E-state index contributed by atoms with van der Waals surface area (Å²) in [4.78, 5) is 24.1. The van der Waals surface area contributed by atoms with Gasteiger partial charge in [-0.25, -0.2) is 4.79 Å². The van der Waals surface area contributed by atoms with Gasteiger partial charge in [0.1, 0.15) is 10.7 Å². The molecular weight excluding hydrogens is 365 g/mol. The van der Waals surface area contributed by atoms with Crippen molar-refractivity contribution < 1.29 is 14.3 Å². The van der Waals surface area contributed by atoms with Gasteiger partial charge in [0.2, 0.25) is 0 Å². The van der Waals surface area contributed by atoms with Crippen molar-refractivity contribution in [3.05, 3.63) is 45.7 Å². The van der Waals surface area contributed by atoms with Gasteiger partial charge in [0.15, 0.2) is 6.61 Å². The Morgan fingerprint density at radius 2 is 1.88 bits per heavy atom. The molecule has 1 N–H and O–H groups in total. The molecule has 134 valence electrons. The van der Waals surface area contributed by atoms with Crippen LogP contribution >= 0.6 is 23.2 Å². The highest BCUT2D eigenvalue weighted by atomic mass is 35.5. The molecule has 1 amide bonds. The van der Waals surface area contributed by atoms with E-state index in [2.05, 4.69) is 10.4 Å². The number of aryl methyl sites for hydroxylation is 1. The van der Waals surface area contributed by atoms with Gasteiger partial charge in [0.25, 0.3) is 5.91 Å². The van der Waals surface area contributed by atoms with E-state index >= 15 is 0 Å². The second kappa shape index (κ2) is 8.36. The summed E-state index contributed by atoms with van der Waals surface area (Å²) in [6.07, 6.45) is 0. The van der Waals surface area contributed by atoms with E-state index in [9.17, 15) is 9.59 Å².